The van der Waals surface area contributed by atoms with Gasteiger partial charge in [-0.3, -0.25) is 4.79 Å². The van der Waals surface area contributed by atoms with Crippen LogP contribution >= 0.6 is 0 Å². The van der Waals surface area contributed by atoms with Crippen LogP contribution in [0.4, 0.5) is 0 Å². The highest BCUT2D eigenvalue weighted by molar-refractivity contribution is 6.01. The molecule has 1 aromatic rings. The van der Waals surface area contributed by atoms with Crippen molar-refractivity contribution in [3.63, 3.8) is 0 Å². The third kappa shape index (κ3) is 5.17. The molecule has 0 bridgehead atoms. The van der Waals surface area contributed by atoms with E-state index >= 15 is 0 Å². The van der Waals surface area contributed by atoms with Crippen molar-refractivity contribution in [2.75, 3.05) is 0 Å². The smallest absolute Gasteiger partial charge is 0.140 e. The fourth-order valence-electron chi connectivity index (χ4n) is 2.64. The summed E-state index contributed by atoms with van der Waals surface area (Å²) in [5, 5.41) is 13.4. The first-order valence-corrected chi connectivity index (χ1v) is 8.23. The number of Topliss-reactive ketones (excluding diaryl/α,β-unsaturated/α-hetero) is 1. The van der Waals surface area contributed by atoms with Gasteiger partial charge in [-0.1, -0.05) is 37.8 Å². The largest absolute Gasteiger partial charge is 0.508 e. The summed E-state index contributed by atoms with van der Waals surface area (Å²) in [5.41, 5.74) is 1.79. The van der Waals surface area contributed by atoms with Crippen molar-refractivity contribution in [3.05, 3.63) is 29.8 Å². The average molecular weight is 303 g/mol. The standard InChI is InChI=1S/C18H25NO3/c1-2-3-4-5-6-7-16(21)12-17-13-18(19-22-17)14-8-10-15(20)11-9-14/h8-11,17,20H,2-7,12-13H2,1H3. The van der Waals surface area contributed by atoms with Gasteiger partial charge in [0.05, 0.1) is 5.71 Å². The van der Waals surface area contributed by atoms with E-state index in [9.17, 15) is 9.90 Å². The van der Waals surface area contributed by atoms with Crippen molar-refractivity contribution in [1.29, 1.82) is 0 Å². The van der Waals surface area contributed by atoms with Crippen molar-refractivity contribution in [2.24, 2.45) is 5.16 Å². The van der Waals surface area contributed by atoms with Gasteiger partial charge in [0, 0.05) is 19.3 Å². The van der Waals surface area contributed by atoms with Gasteiger partial charge in [0.15, 0.2) is 0 Å². The topological polar surface area (TPSA) is 58.9 Å². The quantitative estimate of drug-likeness (QED) is 0.695. The molecule has 4 nitrogen and oxygen atoms in total. The summed E-state index contributed by atoms with van der Waals surface area (Å²) in [6.07, 6.45) is 7.44. The van der Waals surface area contributed by atoms with Gasteiger partial charge < -0.3 is 9.94 Å². The van der Waals surface area contributed by atoms with Crippen LogP contribution in [0.1, 0.15) is 63.9 Å². The predicted molar refractivity (Wildman–Crippen MR) is 87.1 cm³/mol. The fraction of sp³-hybridized carbons (Fsp3) is 0.556. The van der Waals surface area contributed by atoms with Crippen LogP contribution in [-0.2, 0) is 9.63 Å². The Kier molecular flexibility index (Phi) is 6.44. The number of phenols is 1. The van der Waals surface area contributed by atoms with Gasteiger partial charge in [-0.05, 0) is 36.2 Å². The van der Waals surface area contributed by atoms with E-state index < -0.39 is 0 Å². The number of ketones is 1. The van der Waals surface area contributed by atoms with E-state index in [4.69, 9.17) is 4.84 Å². The van der Waals surface area contributed by atoms with Crippen molar-refractivity contribution in [2.45, 2.75) is 64.4 Å². The minimum atomic E-state index is -0.132. The Hall–Kier alpha value is -1.84. The van der Waals surface area contributed by atoms with Crippen LogP contribution in [0.2, 0.25) is 0 Å². The maximum atomic E-state index is 12.0. The van der Waals surface area contributed by atoms with Crippen molar-refractivity contribution in [3.8, 4) is 5.75 Å². The second kappa shape index (κ2) is 8.57. The molecular weight excluding hydrogens is 278 g/mol. The number of unbranched alkanes of at least 4 members (excludes halogenated alkanes) is 4. The third-order valence-corrected chi connectivity index (χ3v) is 3.95. The summed E-state index contributed by atoms with van der Waals surface area (Å²) >= 11 is 0. The fourth-order valence-corrected chi connectivity index (χ4v) is 2.64. The molecule has 0 aliphatic carbocycles. The molecule has 1 atom stereocenters. The van der Waals surface area contributed by atoms with Crippen LogP contribution in [0.15, 0.2) is 29.4 Å². The van der Waals surface area contributed by atoms with E-state index in [-0.39, 0.29) is 17.6 Å². The number of hydrogen-bond acceptors (Lipinski definition) is 4. The van der Waals surface area contributed by atoms with Gasteiger partial charge in [-0.15, -0.1) is 0 Å². The monoisotopic (exact) mass is 303 g/mol. The Morgan fingerprint density at radius 3 is 2.68 bits per heavy atom. The zero-order chi connectivity index (χ0) is 15.8. The molecule has 1 aliphatic rings. The lowest BCUT2D eigenvalue weighted by molar-refractivity contribution is -0.121. The van der Waals surface area contributed by atoms with Crippen molar-refractivity contribution >= 4 is 11.5 Å². The number of benzene rings is 1. The molecule has 0 fully saturated rings. The summed E-state index contributed by atoms with van der Waals surface area (Å²) in [6.45, 7) is 2.19. The molecule has 0 aromatic heterocycles. The summed E-state index contributed by atoms with van der Waals surface area (Å²) < 4.78 is 0. The van der Waals surface area contributed by atoms with Gasteiger partial charge in [-0.2, -0.15) is 0 Å². The van der Waals surface area contributed by atoms with Gasteiger partial charge in [0.2, 0.25) is 0 Å². The normalized spacial score (nSPS) is 17.1. The Morgan fingerprint density at radius 2 is 1.95 bits per heavy atom. The van der Waals surface area contributed by atoms with Crippen LogP contribution in [0, 0.1) is 0 Å². The molecule has 120 valence electrons. The summed E-state index contributed by atoms with van der Waals surface area (Å²) in [6, 6.07) is 6.89. The highest BCUT2D eigenvalue weighted by Crippen LogP contribution is 2.21. The van der Waals surface area contributed by atoms with Crippen molar-refractivity contribution in [1.82, 2.24) is 0 Å². The number of carbonyl (C=O) groups is 1. The second-order valence-corrected chi connectivity index (χ2v) is 5.92. The highest BCUT2D eigenvalue weighted by Gasteiger charge is 2.24. The maximum Gasteiger partial charge on any atom is 0.140 e. The lowest BCUT2D eigenvalue weighted by atomic mass is 10.00. The molecule has 1 heterocycles. The van der Waals surface area contributed by atoms with E-state index in [1.54, 1.807) is 12.1 Å². The molecule has 0 spiro atoms. The molecule has 1 unspecified atom stereocenters. The minimum absolute atomic E-state index is 0.132. The number of phenolic OH excluding ortho intramolecular Hbond substituents is 1. The lowest BCUT2D eigenvalue weighted by Crippen LogP contribution is -2.14. The lowest BCUT2D eigenvalue weighted by Gasteiger charge is -2.07. The number of carbonyl (C=O) groups excluding carboxylic acids is 1. The van der Waals surface area contributed by atoms with E-state index in [2.05, 4.69) is 12.1 Å². The van der Waals surface area contributed by atoms with Gasteiger partial charge in [-0.25, -0.2) is 0 Å². The second-order valence-electron chi connectivity index (χ2n) is 5.92. The number of oxime groups is 1. The number of rotatable bonds is 9. The summed E-state index contributed by atoms with van der Waals surface area (Å²) in [7, 11) is 0. The molecule has 1 N–H and O–H groups in total. The highest BCUT2D eigenvalue weighted by atomic mass is 16.6. The summed E-state index contributed by atoms with van der Waals surface area (Å²) in [5.74, 6) is 0.502. The molecule has 1 aliphatic heterocycles. The van der Waals surface area contributed by atoms with Gasteiger partial charge in [0.1, 0.15) is 17.6 Å². The van der Waals surface area contributed by atoms with Crippen LogP contribution in [0.5, 0.6) is 5.75 Å². The SMILES string of the molecule is CCCCCCCC(=O)CC1CC(c2ccc(O)cc2)=NO1. The van der Waals surface area contributed by atoms with E-state index in [1.165, 1.54) is 19.3 Å². The molecule has 4 heteroatoms. The van der Waals surface area contributed by atoms with E-state index in [0.717, 1.165) is 24.1 Å². The minimum Gasteiger partial charge on any atom is -0.508 e. The van der Waals surface area contributed by atoms with Gasteiger partial charge >= 0.3 is 0 Å². The first-order valence-electron chi connectivity index (χ1n) is 8.23. The van der Waals surface area contributed by atoms with Gasteiger partial charge in [0.25, 0.3) is 0 Å². The van der Waals surface area contributed by atoms with E-state index in [1.807, 2.05) is 12.1 Å². The van der Waals surface area contributed by atoms with Crippen LogP contribution in [0.3, 0.4) is 0 Å². The first-order chi connectivity index (χ1) is 10.7. The van der Waals surface area contributed by atoms with Crippen LogP contribution in [0.25, 0.3) is 0 Å². The zero-order valence-electron chi connectivity index (χ0n) is 13.3. The van der Waals surface area contributed by atoms with E-state index in [0.29, 0.717) is 19.3 Å². The Morgan fingerprint density at radius 1 is 1.23 bits per heavy atom. The molecule has 1 aromatic carbocycles. The predicted octanol–water partition coefficient (Wildman–Crippen LogP) is 4.20. The maximum absolute atomic E-state index is 12.0. The third-order valence-electron chi connectivity index (χ3n) is 3.95. The molecule has 0 saturated heterocycles. The van der Waals surface area contributed by atoms with Crippen LogP contribution < -0.4 is 0 Å². The molecular formula is C18H25NO3. The van der Waals surface area contributed by atoms with Crippen LogP contribution in [-0.4, -0.2) is 22.7 Å². The molecule has 2 rings (SSSR count). The average Bonchev–Trinajstić information content (AvgIpc) is 2.96. The zero-order valence-corrected chi connectivity index (χ0v) is 13.3. The number of aromatic hydroxyl groups is 1. The number of hydrogen-bond donors (Lipinski definition) is 1. The Bertz CT molecular complexity index is 508. The molecule has 0 radical (unpaired) electrons. The van der Waals surface area contributed by atoms with Crippen molar-refractivity contribution < 1.29 is 14.7 Å². The number of nitrogens with zero attached hydrogens (tertiary/aromatic N) is 1. The Balaban J connectivity index is 1.69. The molecule has 0 saturated carbocycles. The molecule has 22 heavy (non-hydrogen) atoms. The molecule has 0 amide bonds. The Labute approximate surface area is 132 Å². The first kappa shape index (κ1) is 16.5. The summed E-state index contributed by atoms with van der Waals surface area (Å²) in [4.78, 5) is 17.3.